The van der Waals surface area contributed by atoms with Crippen molar-refractivity contribution in [3.05, 3.63) is 11.6 Å². The minimum absolute atomic E-state index is 0.00479. The fourth-order valence-corrected chi connectivity index (χ4v) is 21.4. The number of rotatable bonds is 50. The number of hydrogen-bond donors (Lipinski definition) is 14. The highest BCUT2D eigenvalue weighted by molar-refractivity contribution is 8.06. The lowest BCUT2D eigenvalue weighted by Gasteiger charge is -2.58. The van der Waals surface area contributed by atoms with E-state index in [0.29, 0.717) is 94.4 Å². The van der Waals surface area contributed by atoms with Crippen LogP contribution in [0.25, 0.3) is 0 Å². The summed E-state index contributed by atoms with van der Waals surface area (Å²) in [5, 5.41) is 111. The van der Waals surface area contributed by atoms with Crippen LogP contribution in [0.2, 0.25) is 0 Å². The van der Waals surface area contributed by atoms with Crippen molar-refractivity contribution >= 4 is 62.0 Å². The normalized spacial score (nSPS) is 33.2. The summed E-state index contributed by atoms with van der Waals surface area (Å²) in [5.41, 5.74) is 1.98. The zero-order chi connectivity index (χ0) is 85.2. The third kappa shape index (κ3) is 29.3. The zero-order valence-corrected chi connectivity index (χ0v) is 71.8. The molecular formula is C80H138N6O28P2S-2. The second kappa shape index (κ2) is 48.1. The van der Waals surface area contributed by atoms with Gasteiger partial charge in [-0.1, -0.05) is 90.2 Å². The molecule has 0 aromatic rings. The van der Waals surface area contributed by atoms with Crippen LogP contribution >= 0.6 is 14.5 Å². The van der Waals surface area contributed by atoms with Crippen LogP contribution in [0.5, 0.6) is 0 Å². The largest absolute Gasteiger partial charge is 0.780 e. The minimum Gasteiger partial charge on any atom is -0.780 e. The number of β-amino-alcohol motifs (C(OH)–C–C–N with tert-alkyl or cyclic N) is 1. The van der Waals surface area contributed by atoms with Crippen LogP contribution in [-0.4, -0.2) is 280 Å². The summed E-state index contributed by atoms with van der Waals surface area (Å²) in [5.74, 6) is 2.51. The fraction of sp³-hybridized carbons (Fsp3) is 0.900. The second-order valence-corrected chi connectivity index (χ2v) is 38.8. The summed E-state index contributed by atoms with van der Waals surface area (Å²) >= 11 is 4.99. The zero-order valence-electron chi connectivity index (χ0n) is 69.2. The Labute approximate surface area is 694 Å². The molecule has 6 amide bonds. The number of alkyl carbamates (subject to hydrolysis) is 1. The summed E-state index contributed by atoms with van der Waals surface area (Å²) in [6.45, 7) is 5.59. The molecule has 0 spiro atoms. The van der Waals surface area contributed by atoms with Crippen molar-refractivity contribution in [1.82, 2.24) is 31.1 Å². The van der Waals surface area contributed by atoms with Gasteiger partial charge in [0, 0.05) is 78.0 Å². The predicted octanol–water partition coefficient (Wildman–Crippen LogP) is 3.15. The number of unbranched alkanes of at least 4 members (excludes halogenated alkanes) is 7. The van der Waals surface area contributed by atoms with Crippen LogP contribution in [0.1, 0.15) is 227 Å². The quantitative estimate of drug-likeness (QED) is 0.0236. The summed E-state index contributed by atoms with van der Waals surface area (Å²) < 4.78 is 62.7. The number of allylic oxidation sites excluding steroid dienone is 1. The number of nitrogens with zero attached hydrogens (tertiary/aromatic N) is 2. The number of aliphatic hydroxyl groups is 10. The number of amides is 6. The van der Waals surface area contributed by atoms with Gasteiger partial charge in [0.25, 0.3) is 7.82 Å². The van der Waals surface area contributed by atoms with E-state index in [1.807, 2.05) is 0 Å². The molecule has 8 rings (SSSR count). The van der Waals surface area contributed by atoms with E-state index < -0.39 is 157 Å². The van der Waals surface area contributed by atoms with E-state index in [9.17, 15) is 94.2 Å². The molecule has 0 aromatic heterocycles. The van der Waals surface area contributed by atoms with Crippen LogP contribution in [0.15, 0.2) is 11.6 Å². The molecule has 674 valence electrons. The van der Waals surface area contributed by atoms with Gasteiger partial charge in [0.1, 0.15) is 67.7 Å². The van der Waals surface area contributed by atoms with E-state index in [1.165, 1.54) is 60.3 Å². The van der Waals surface area contributed by atoms with Crippen molar-refractivity contribution in [3.8, 4) is 0 Å². The molecule has 4 aliphatic carbocycles. The average Bonchev–Trinajstić information content (AvgIpc) is 1.67. The van der Waals surface area contributed by atoms with Crippen molar-refractivity contribution in [2.45, 2.75) is 325 Å². The maximum absolute atomic E-state index is 13.9. The van der Waals surface area contributed by atoms with E-state index in [1.54, 1.807) is 0 Å². The Morgan fingerprint density at radius 3 is 1.80 bits per heavy atom. The third-order valence-electron chi connectivity index (χ3n) is 25.9. The Bertz CT molecular complexity index is 3230. The molecule has 34 nitrogen and oxygen atoms in total. The summed E-state index contributed by atoms with van der Waals surface area (Å²) in [4.78, 5) is 110. The number of fused-ring (bicyclic) bond motifs is 5. The molecule has 7 fully saturated rings. The predicted molar refractivity (Wildman–Crippen MR) is 425 cm³/mol. The lowest BCUT2D eigenvalue weighted by atomic mass is 9.47. The van der Waals surface area contributed by atoms with Gasteiger partial charge in [-0.05, 0) is 175 Å². The first-order valence-corrected chi connectivity index (χ1v) is 47.2. The van der Waals surface area contributed by atoms with Gasteiger partial charge in [-0.25, -0.2) is 4.79 Å². The van der Waals surface area contributed by atoms with Gasteiger partial charge >= 0.3 is 6.09 Å². The molecule has 14 N–H and O–H groups in total. The van der Waals surface area contributed by atoms with E-state index in [4.69, 9.17) is 53.6 Å². The first-order valence-electron chi connectivity index (χ1n) is 43.2. The lowest BCUT2D eigenvalue weighted by Crippen LogP contribution is -2.59. The van der Waals surface area contributed by atoms with Gasteiger partial charge in [0.2, 0.25) is 29.5 Å². The van der Waals surface area contributed by atoms with Gasteiger partial charge < -0.3 is 134 Å². The molecular weight excluding hydrogens is 1590 g/mol. The number of carbonyl (C=O) groups is 6. The topological polar surface area (TPSA) is 506 Å². The van der Waals surface area contributed by atoms with Crippen LogP contribution in [-0.2, 0) is 82.1 Å². The molecule has 37 heteroatoms. The van der Waals surface area contributed by atoms with Crippen molar-refractivity contribution in [3.63, 3.8) is 0 Å². The third-order valence-corrected chi connectivity index (χ3v) is 28.5. The number of hydrogen-bond acceptors (Lipinski definition) is 29. The molecule has 117 heavy (non-hydrogen) atoms. The number of phosphoric ester groups is 1. The Morgan fingerprint density at radius 1 is 0.598 bits per heavy atom. The molecule has 0 bridgehead atoms. The van der Waals surface area contributed by atoms with Gasteiger partial charge in [-0.2, -0.15) is 0 Å². The first kappa shape index (κ1) is 98.9. The summed E-state index contributed by atoms with van der Waals surface area (Å²) in [6, 6.07) is -2.69. The molecule has 8 aliphatic rings. The molecule has 0 radical (unpaired) electrons. The summed E-state index contributed by atoms with van der Waals surface area (Å²) in [7, 11) is -5.16. The molecule has 0 aromatic carbocycles. The number of ether oxygens (including phenoxy) is 5. The highest BCUT2D eigenvalue weighted by Crippen LogP contribution is 2.67. The second-order valence-electron chi connectivity index (χ2n) is 34.7. The molecule has 3 saturated carbocycles. The Kier molecular flexibility index (Phi) is 40.6. The van der Waals surface area contributed by atoms with E-state index in [0.717, 1.165) is 49.4 Å². The number of carbonyl (C=O) groups excluding carboxylic acids is 6. The Morgan fingerprint density at radius 2 is 1.18 bits per heavy atom. The molecule has 4 heterocycles. The number of phosphoric acid groups is 1. The number of likely N-dealkylation sites (tertiary alicyclic amines) is 2. The molecule has 16 unspecified atom stereocenters. The van der Waals surface area contributed by atoms with Crippen molar-refractivity contribution in [2.75, 3.05) is 85.6 Å². The standard InChI is InChI=1S/C80H140N6O28P2S/c1-50(2)19-18-20-51(3)59-28-29-60-58-27-26-52-41-56(30-32-79(52,4)61(58)31-33-80(59,60)5)111-78(102)83-36-14-7-9-25-68(94)86-45-57(43-54(86)49-110-116(105,117)108-40-37-87)114-115(103,104)109-48-53-42-55(90)44-85(53)67(93)24-8-6-13-35-82-75(101)62(84-66(92)23-12-17-39-107-77-74(100)72(98)70(96)64(47-89)113-77)21-10-15-34-81-65(91)22-11-16-38-106-76-73(99)71(97)69(95)63(46-88)112-76/h26,50-51,53-64,69-74,76-77,87-90,95-100H,6-25,27-49H2,1-5H3,(H,81,91)(H,82,101)(H,83,102)(H,84,92)(H,103,104)(H,105,117)/p-2/t51-,53+,54+,55-,56-,57?,58+,59-,60?,61-,62+,63?,64?,69?,70?,71?,72?,73?,74?,76?,77?,79?,80?,116?/m1/s1. The molecule has 25 atom stereocenters. The average molecular weight is 1730 g/mol. The van der Waals surface area contributed by atoms with Crippen LogP contribution < -0.4 is 31.1 Å². The first-order chi connectivity index (χ1) is 55.7. The van der Waals surface area contributed by atoms with Gasteiger partial charge in [0.15, 0.2) is 12.6 Å². The number of nitrogens with one attached hydrogen (secondary N) is 4. The van der Waals surface area contributed by atoms with Gasteiger partial charge in [0.05, 0.1) is 63.9 Å². The van der Waals surface area contributed by atoms with Crippen LogP contribution in [0.4, 0.5) is 4.79 Å². The Hall–Kier alpha value is -3.56. The van der Waals surface area contributed by atoms with E-state index >= 15 is 0 Å². The fourth-order valence-electron chi connectivity index (χ4n) is 19.4. The lowest BCUT2D eigenvalue weighted by molar-refractivity contribution is -0.301. The van der Waals surface area contributed by atoms with E-state index in [2.05, 4.69) is 62.0 Å². The monoisotopic (exact) mass is 1720 g/mol. The highest BCUT2D eigenvalue weighted by Gasteiger charge is 2.60. The SMILES string of the molecule is CC(C)CCC[C@@H](C)[C@H]1CCC2[C@@H]3CC=C4C[C@H](OC(=O)NCCCCCC(=O)N5CC(OP(=O)([O-])OC[C@@H]6C[C@@H](O)CN6C(=O)CCCCCNC(=O)[C@H](CCCCNC(=O)CCCCOC6OC(CO)C(O)C(O)C6O)NC(=O)CCCCOC6OC(CO)C(O)C(O)C6O)C[C@H]5COP([O-])(=S)OCCO)CCC4(C)[C@@H]3CCC21C. The maximum Gasteiger partial charge on any atom is 0.407 e. The Balaban J connectivity index is 0.727. The highest BCUT2D eigenvalue weighted by atomic mass is 32.5. The van der Waals surface area contributed by atoms with Crippen molar-refractivity contribution < 1.29 is 136 Å². The van der Waals surface area contributed by atoms with Crippen molar-refractivity contribution in [1.29, 1.82) is 0 Å². The van der Waals surface area contributed by atoms with Crippen LogP contribution in [0.3, 0.4) is 0 Å². The molecule has 4 saturated heterocycles. The number of aliphatic hydroxyl groups excluding tert-OH is 10. The van der Waals surface area contributed by atoms with Gasteiger partial charge in [-0.3, -0.25) is 28.5 Å². The van der Waals surface area contributed by atoms with Crippen LogP contribution in [0, 0.1) is 46.3 Å². The van der Waals surface area contributed by atoms with Gasteiger partial charge in [-0.15, -0.1) is 0 Å². The summed E-state index contributed by atoms with van der Waals surface area (Å²) in [6.07, 6.45) is 3.50. The van der Waals surface area contributed by atoms with Crippen molar-refractivity contribution in [2.24, 2.45) is 46.3 Å². The van der Waals surface area contributed by atoms with E-state index in [-0.39, 0.29) is 127 Å². The minimum atomic E-state index is -5.16. The smallest absolute Gasteiger partial charge is 0.407 e. The maximum atomic E-state index is 13.9. The molecule has 4 aliphatic heterocycles.